The van der Waals surface area contributed by atoms with E-state index in [1.54, 1.807) is 54.7 Å². The van der Waals surface area contributed by atoms with Crippen LogP contribution in [0.1, 0.15) is 33.6 Å². The average Bonchev–Trinajstić information content (AvgIpc) is 2.67. The first-order chi connectivity index (χ1) is 13.0. The van der Waals surface area contributed by atoms with Crippen LogP contribution in [0.4, 0.5) is 11.4 Å². The summed E-state index contributed by atoms with van der Waals surface area (Å²) in [5.74, 6) is -1.18. The highest BCUT2D eigenvalue weighted by atomic mass is 16.1. The molecule has 2 aromatic carbocycles. The summed E-state index contributed by atoms with van der Waals surface area (Å²) in [6.45, 7) is 0.445. The topological polar surface area (TPSA) is 128 Å². The Balaban J connectivity index is 2.15. The number of nitrogens with two attached hydrogens (primary N) is 2. The lowest BCUT2D eigenvalue weighted by Crippen LogP contribution is -2.19. The molecule has 0 spiro atoms. The highest BCUT2D eigenvalue weighted by Crippen LogP contribution is 2.19. The van der Waals surface area contributed by atoms with Crippen molar-refractivity contribution in [1.29, 1.82) is 0 Å². The molecule has 0 aliphatic heterocycles. The molecule has 5 N–H and O–H groups in total. The number of para-hydroxylation sites is 2. The number of benzene rings is 2. The Kier molecular flexibility index (Phi) is 7.25. The van der Waals surface area contributed by atoms with Gasteiger partial charge in [-0.3, -0.25) is 14.6 Å². The maximum Gasteiger partial charge on any atom is 0.250 e. The first-order valence-corrected chi connectivity index (χ1v) is 8.52. The molecule has 0 aromatic heterocycles. The van der Waals surface area contributed by atoms with Crippen molar-refractivity contribution in [2.75, 3.05) is 11.9 Å². The molecule has 0 aliphatic carbocycles. The van der Waals surface area contributed by atoms with E-state index in [0.29, 0.717) is 41.9 Å². The van der Waals surface area contributed by atoms with Crippen LogP contribution in [0, 0.1) is 5.92 Å². The number of nitrogens with one attached hydrogen (secondary N) is 1. The zero-order valence-electron chi connectivity index (χ0n) is 14.8. The molecular weight excluding hydrogens is 344 g/mol. The molecule has 0 radical (unpaired) electrons. The van der Waals surface area contributed by atoms with Crippen LogP contribution in [0.3, 0.4) is 0 Å². The van der Waals surface area contributed by atoms with Crippen molar-refractivity contribution < 1.29 is 14.4 Å². The van der Waals surface area contributed by atoms with E-state index in [4.69, 9.17) is 11.5 Å². The summed E-state index contributed by atoms with van der Waals surface area (Å²) in [6.07, 6.45) is 3.46. The molecule has 27 heavy (non-hydrogen) atoms. The highest BCUT2D eigenvalue weighted by molar-refractivity contribution is 5.99. The van der Waals surface area contributed by atoms with Crippen LogP contribution in [0.25, 0.3) is 0 Å². The summed E-state index contributed by atoms with van der Waals surface area (Å²) < 4.78 is 0. The van der Waals surface area contributed by atoms with Crippen molar-refractivity contribution in [3.8, 4) is 0 Å². The van der Waals surface area contributed by atoms with E-state index in [9.17, 15) is 14.4 Å². The summed E-state index contributed by atoms with van der Waals surface area (Å²) >= 11 is 0. The lowest BCUT2D eigenvalue weighted by Gasteiger charge is -2.15. The van der Waals surface area contributed by atoms with Gasteiger partial charge in [-0.1, -0.05) is 24.3 Å². The molecule has 0 aliphatic rings. The molecule has 0 saturated carbocycles. The maximum atomic E-state index is 11.5. The van der Waals surface area contributed by atoms with Crippen LogP contribution < -0.4 is 16.8 Å². The van der Waals surface area contributed by atoms with Gasteiger partial charge in [-0.15, -0.1) is 0 Å². The lowest BCUT2D eigenvalue weighted by atomic mass is 10.0. The van der Waals surface area contributed by atoms with Gasteiger partial charge < -0.3 is 21.6 Å². The Hall–Kier alpha value is -3.48. The van der Waals surface area contributed by atoms with Crippen LogP contribution in [0.2, 0.25) is 0 Å². The molecule has 1 atom stereocenters. The molecule has 140 valence electrons. The normalized spacial score (nSPS) is 11.9. The molecule has 0 bridgehead atoms. The standard InChI is InChI=1S/C20H22N4O3/c21-19(26)15-7-1-3-9-17(15)23-12-14(6-5-11-25)13-24-18-10-4-2-8-16(18)20(22)27/h1-4,7-12,14,24H,5-6,13H2,(H2,21,26)(H2,22,27). The molecule has 0 saturated heterocycles. The number of carbonyl (C=O) groups excluding carboxylic acids is 3. The van der Waals surface area contributed by atoms with Crippen molar-refractivity contribution in [3.05, 3.63) is 59.7 Å². The largest absolute Gasteiger partial charge is 0.384 e. The van der Waals surface area contributed by atoms with E-state index < -0.39 is 11.8 Å². The van der Waals surface area contributed by atoms with Crippen LogP contribution in [0.5, 0.6) is 0 Å². The molecule has 2 aromatic rings. The number of aldehydes is 1. The fourth-order valence-electron chi connectivity index (χ4n) is 2.58. The first-order valence-electron chi connectivity index (χ1n) is 8.52. The summed E-state index contributed by atoms with van der Waals surface area (Å²) in [4.78, 5) is 38.1. The molecule has 2 amide bonds. The van der Waals surface area contributed by atoms with E-state index >= 15 is 0 Å². The van der Waals surface area contributed by atoms with Gasteiger partial charge in [0.15, 0.2) is 0 Å². The van der Waals surface area contributed by atoms with Crippen LogP contribution in [0.15, 0.2) is 53.5 Å². The smallest absolute Gasteiger partial charge is 0.250 e. The Labute approximate surface area is 157 Å². The van der Waals surface area contributed by atoms with E-state index in [2.05, 4.69) is 10.3 Å². The number of hydrogen-bond acceptors (Lipinski definition) is 5. The van der Waals surface area contributed by atoms with Crippen molar-refractivity contribution >= 4 is 35.7 Å². The van der Waals surface area contributed by atoms with E-state index in [1.165, 1.54) is 0 Å². The molecule has 0 fully saturated rings. The van der Waals surface area contributed by atoms with E-state index in [1.807, 2.05) is 0 Å². The summed E-state index contributed by atoms with van der Waals surface area (Å²) in [5, 5.41) is 3.18. The summed E-state index contributed by atoms with van der Waals surface area (Å²) in [5.41, 5.74) is 12.6. The van der Waals surface area contributed by atoms with E-state index in [-0.39, 0.29) is 5.92 Å². The van der Waals surface area contributed by atoms with Gasteiger partial charge >= 0.3 is 0 Å². The van der Waals surface area contributed by atoms with Crippen molar-refractivity contribution in [2.24, 2.45) is 22.4 Å². The van der Waals surface area contributed by atoms with Gasteiger partial charge in [0.1, 0.15) is 6.29 Å². The van der Waals surface area contributed by atoms with Gasteiger partial charge in [0.2, 0.25) is 0 Å². The zero-order chi connectivity index (χ0) is 19.6. The first kappa shape index (κ1) is 19.8. The molecule has 7 nitrogen and oxygen atoms in total. The fraction of sp³-hybridized carbons (Fsp3) is 0.200. The number of carbonyl (C=O) groups is 3. The summed E-state index contributed by atoms with van der Waals surface area (Å²) in [6, 6.07) is 13.7. The number of primary amides is 2. The van der Waals surface area contributed by atoms with Gasteiger partial charge in [0, 0.05) is 30.8 Å². The third-order valence-electron chi connectivity index (χ3n) is 4.00. The van der Waals surface area contributed by atoms with Crippen LogP contribution >= 0.6 is 0 Å². The maximum absolute atomic E-state index is 11.5. The minimum atomic E-state index is -0.555. The number of nitrogens with zero attached hydrogens (tertiary/aromatic N) is 1. The van der Waals surface area contributed by atoms with Gasteiger partial charge in [-0.2, -0.15) is 0 Å². The molecule has 7 heteroatoms. The van der Waals surface area contributed by atoms with Gasteiger partial charge in [-0.25, -0.2) is 0 Å². The van der Waals surface area contributed by atoms with Gasteiger partial charge in [-0.05, 0) is 30.7 Å². The quantitative estimate of drug-likeness (QED) is 0.440. The van der Waals surface area contributed by atoms with Crippen LogP contribution in [-0.2, 0) is 4.79 Å². The van der Waals surface area contributed by atoms with Crippen LogP contribution in [-0.4, -0.2) is 30.9 Å². The number of hydrogen-bond donors (Lipinski definition) is 3. The van der Waals surface area contributed by atoms with Gasteiger partial charge in [0.25, 0.3) is 11.8 Å². The lowest BCUT2D eigenvalue weighted by molar-refractivity contribution is -0.108. The number of aliphatic imine (C=N–C) groups is 1. The number of rotatable bonds is 10. The molecule has 0 heterocycles. The van der Waals surface area contributed by atoms with Gasteiger partial charge in [0.05, 0.1) is 16.8 Å². The van der Waals surface area contributed by atoms with Crippen molar-refractivity contribution in [3.63, 3.8) is 0 Å². The third-order valence-corrected chi connectivity index (χ3v) is 4.00. The fourth-order valence-corrected chi connectivity index (χ4v) is 2.58. The Morgan fingerprint density at radius 2 is 1.63 bits per heavy atom. The second-order valence-corrected chi connectivity index (χ2v) is 5.95. The predicted octanol–water partition coefficient (Wildman–Crippen LogP) is 2.29. The Bertz CT molecular complexity index is 849. The van der Waals surface area contributed by atoms with Crippen molar-refractivity contribution in [1.82, 2.24) is 0 Å². The number of anilines is 1. The molecular formula is C20H22N4O3. The zero-order valence-corrected chi connectivity index (χ0v) is 14.8. The molecule has 2 rings (SSSR count). The minimum absolute atomic E-state index is 0.0999. The second-order valence-electron chi connectivity index (χ2n) is 5.95. The predicted molar refractivity (Wildman–Crippen MR) is 105 cm³/mol. The Morgan fingerprint density at radius 1 is 1.00 bits per heavy atom. The van der Waals surface area contributed by atoms with Crippen molar-refractivity contribution in [2.45, 2.75) is 12.8 Å². The SMILES string of the molecule is NC(=O)c1ccccc1N=CC(CCC=O)CNc1ccccc1C(N)=O. The number of amides is 2. The Morgan fingerprint density at radius 3 is 2.30 bits per heavy atom. The molecule has 1 unspecified atom stereocenters. The minimum Gasteiger partial charge on any atom is -0.384 e. The third kappa shape index (κ3) is 5.78. The second kappa shape index (κ2) is 9.86. The van der Waals surface area contributed by atoms with E-state index in [0.717, 1.165) is 6.29 Å². The highest BCUT2D eigenvalue weighted by Gasteiger charge is 2.11. The summed E-state index contributed by atoms with van der Waals surface area (Å²) in [7, 11) is 0. The average molecular weight is 366 g/mol. The monoisotopic (exact) mass is 366 g/mol.